The molecule has 0 atom stereocenters. The smallest absolute Gasteiger partial charge is 0.131 e. The average Bonchev–Trinajstić information content (AvgIpc) is 2.56. The van der Waals surface area contributed by atoms with Gasteiger partial charge in [-0.15, -0.1) is 0 Å². The molecule has 3 rings (SSSR count). The lowest BCUT2D eigenvalue weighted by molar-refractivity contribution is 1.13. The van der Waals surface area contributed by atoms with Crippen LogP contribution in [0.1, 0.15) is 0 Å². The lowest BCUT2D eigenvalue weighted by Gasteiger charge is -2.14. The van der Waals surface area contributed by atoms with Crippen molar-refractivity contribution in [3.63, 3.8) is 0 Å². The molecule has 2 aromatic heterocycles. The first-order chi connectivity index (χ1) is 10.6. The summed E-state index contributed by atoms with van der Waals surface area (Å²) in [6, 6.07) is 14.2. The topological polar surface area (TPSA) is 55.0 Å². The van der Waals surface area contributed by atoms with E-state index in [1.807, 2.05) is 44.6 Å². The average molecular weight is 290 g/mol. The van der Waals surface area contributed by atoms with Crippen LogP contribution in [0.2, 0.25) is 0 Å². The molecule has 4 nitrogen and oxygen atoms in total. The molecule has 0 aliphatic rings. The highest BCUT2D eigenvalue weighted by Crippen LogP contribution is 2.31. The van der Waals surface area contributed by atoms with Gasteiger partial charge in [-0.05, 0) is 29.8 Å². The van der Waals surface area contributed by atoms with E-state index in [0.717, 1.165) is 27.9 Å². The first kappa shape index (κ1) is 14.1. The molecule has 0 saturated carbocycles. The van der Waals surface area contributed by atoms with E-state index >= 15 is 0 Å². The Bertz CT molecular complexity index is 782. The molecular formula is C18H18N4. The quantitative estimate of drug-likeness (QED) is 0.802. The summed E-state index contributed by atoms with van der Waals surface area (Å²) in [7, 11) is 4.04. The third-order valence-electron chi connectivity index (χ3n) is 3.59. The number of aromatic nitrogens is 2. The van der Waals surface area contributed by atoms with E-state index in [1.165, 1.54) is 0 Å². The SMILES string of the molecule is CN(C)c1cccc(-c2cc(-c3cccnc3)cnc2N)c1. The van der Waals surface area contributed by atoms with Crippen LogP contribution in [0.3, 0.4) is 0 Å². The Kier molecular flexibility index (Phi) is 3.74. The van der Waals surface area contributed by atoms with E-state index in [1.54, 1.807) is 12.4 Å². The number of nitrogens with zero attached hydrogens (tertiary/aromatic N) is 3. The number of hydrogen-bond donors (Lipinski definition) is 1. The third-order valence-corrected chi connectivity index (χ3v) is 3.59. The predicted octanol–water partition coefficient (Wildman–Crippen LogP) is 3.46. The van der Waals surface area contributed by atoms with Crippen molar-refractivity contribution in [3.8, 4) is 22.3 Å². The van der Waals surface area contributed by atoms with Crippen molar-refractivity contribution in [2.45, 2.75) is 0 Å². The Balaban J connectivity index is 2.09. The molecule has 0 radical (unpaired) electrons. The Morgan fingerprint density at radius 1 is 0.909 bits per heavy atom. The van der Waals surface area contributed by atoms with Crippen molar-refractivity contribution in [2.24, 2.45) is 0 Å². The number of hydrogen-bond acceptors (Lipinski definition) is 4. The first-order valence-electron chi connectivity index (χ1n) is 7.09. The molecule has 1 aromatic carbocycles. The molecule has 0 amide bonds. The minimum absolute atomic E-state index is 0.531. The molecule has 0 spiro atoms. The fraction of sp³-hybridized carbons (Fsp3) is 0.111. The van der Waals surface area contributed by atoms with Gasteiger partial charge in [-0.1, -0.05) is 18.2 Å². The van der Waals surface area contributed by atoms with E-state index in [9.17, 15) is 0 Å². The van der Waals surface area contributed by atoms with Crippen LogP contribution in [0.15, 0.2) is 61.1 Å². The summed E-state index contributed by atoms with van der Waals surface area (Å²) in [6.07, 6.45) is 5.37. The Labute approximate surface area is 130 Å². The summed E-state index contributed by atoms with van der Waals surface area (Å²) in [4.78, 5) is 10.6. The Morgan fingerprint density at radius 3 is 2.45 bits per heavy atom. The number of rotatable bonds is 3. The van der Waals surface area contributed by atoms with Crippen LogP contribution >= 0.6 is 0 Å². The fourth-order valence-electron chi connectivity index (χ4n) is 2.35. The van der Waals surface area contributed by atoms with Crippen molar-refractivity contribution in [2.75, 3.05) is 24.7 Å². The number of benzene rings is 1. The number of anilines is 2. The van der Waals surface area contributed by atoms with Crippen molar-refractivity contribution >= 4 is 11.5 Å². The second-order valence-corrected chi connectivity index (χ2v) is 5.34. The zero-order valence-electron chi connectivity index (χ0n) is 12.7. The van der Waals surface area contributed by atoms with E-state index in [-0.39, 0.29) is 0 Å². The van der Waals surface area contributed by atoms with Gasteiger partial charge in [0.1, 0.15) is 5.82 Å². The van der Waals surface area contributed by atoms with E-state index in [0.29, 0.717) is 5.82 Å². The van der Waals surface area contributed by atoms with Gasteiger partial charge >= 0.3 is 0 Å². The lowest BCUT2D eigenvalue weighted by Crippen LogP contribution is -2.08. The molecule has 110 valence electrons. The van der Waals surface area contributed by atoms with Crippen molar-refractivity contribution < 1.29 is 0 Å². The van der Waals surface area contributed by atoms with E-state index in [4.69, 9.17) is 5.73 Å². The van der Waals surface area contributed by atoms with Gasteiger partial charge < -0.3 is 10.6 Å². The maximum absolute atomic E-state index is 6.09. The number of nitrogen functional groups attached to an aromatic ring is 1. The molecule has 3 aromatic rings. The molecule has 2 heterocycles. The minimum Gasteiger partial charge on any atom is -0.383 e. The maximum atomic E-state index is 6.09. The highest BCUT2D eigenvalue weighted by Gasteiger charge is 2.08. The van der Waals surface area contributed by atoms with Gasteiger partial charge in [0.15, 0.2) is 0 Å². The second-order valence-electron chi connectivity index (χ2n) is 5.34. The molecule has 0 aliphatic carbocycles. The van der Waals surface area contributed by atoms with Gasteiger partial charge in [0.25, 0.3) is 0 Å². The predicted molar refractivity (Wildman–Crippen MR) is 91.6 cm³/mol. The summed E-state index contributed by atoms with van der Waals surface area (Å²) in [6.45, 7) is 0. The minimum atomic E-state index is 0.531. The van der Waals surface area contributed by atoms with Gasteiger partial charge in [0.2, 0.25) is 0 Å². The number of pyridine rings is 2. The summed E-state index contributed by atoms with van der Waals surface area (Å²) in [5.74, 6) is 0.531. The zero-order valence-corrected chi connectivity index (χ0v) is 12.7. The van der Waals surface area contributed by atoms with Crippen LogP contribution in [-0.4, -0.2) is 24.1 Å². The van der Waals surface area contributed by atoms with E-state index < -0.39 is 0 Å². The van der Waals surface area contributed by atoms with Gasteiger partial charge in [-0.3, -0.25) is 4.98 Å². The molecule has 22 heavy (non-hydrogen) atoms. The summed E-state index contributed by atoms with van der Waals surface area (Å²) in [5.41, 5.74) is 11.2. The summed E-state index contributed by atoms with van der Waals surface area (Å²) < 4.78 is 0. The zero-order chi connectivity index (χ0) is 15.5. The normalized spacial score (nSPS) is 10.5. The van der Waals surface area contributed by atoms with Crippen molar-refractivity contribution in [3.05, 3.63) is 61.1 Å². The Morgan fingerprint density at radius 2 is 1.73 bits per heavy atom. The summed E-state index contributed by atoms with van der Waals surface area (Å²) >= 11 is 0. The van der Waals surface area contributed by atoms with Gasteiger partial charge in [-0.2, -0.15) is 0 Å². The maximum Gasteiger partial charge on any atom is 0.131 e. The van der Waals surface area contributed by atoms with Gasteiger partial charge in [-0.25, -0.2) is 4.98 Å². The molecule has 2 N–H and O–H groups in total. The molecule has 4 heteroatoms. The molecule has 0 saturated heterocycles. The van der Waals surface area contributed by atoms with Gasteiger partial charge in [0.05, 0.1) is 0 Å². The monoisotopic (exact) mass is 290 g/mol. The van der Waals surface area contributed by atoms with Crippen LogP contribution in [0, 0.1) is 0 Å². The Hall–Kier alpha value is -2.88. The molecular weight excluding hydrogens is 272 g/mol. The molecule has 0 unspecified atom stereocenters. The highest BCUT2D eigenvalue weighted by molar-refractivity contribution is 5.80. The second kappa shape index (κ2) is 5.85. The largest absolute Gasteiger partial charge is 0.383 e. The van der Waals surface area contributed by atoms with Crippen LogP contribution in [0.25, 0.3) is 22.3 Å². The van der Waals surface area contributed by atoms with Gasteiger partial charge in [0, 0.05) is 55.1 Å². The third kappa shape index (κ3) is 2.76. The van der Waals surface area contributed by atoms with E-state index in [2.05, 4.69) is 33.1 Å². The highest BCUT2D eigenvalue weighted by atomic mass is 15.1. The number of nitrogens with two attached hydrogens (primary N) is 1. The van der Waals surface area contributed by atoms with Crippen molar-refractivity contribution in [1.82, 2.24) is 9.97 Å². The molecule has 0 aliphatic heterocycles. The fourth-order valence-corrected chi connectivity index (χ4v) is 2.35. The standard InChI is InChI=1S/C18H18N4/c1-22(2)16-7-3-5-13(9-16)17-10-15(12-21-18(17)19)14-6-4-8-20-11-14/h3-12H,1-2H3,(H2,19,21). The van der Waals surface area contributed by atoms with Crippen LogP contribution < -0.4 is 10.6 Å². The lowest BCUT2D eigenvalue weighted by atomic mass is 10.0. The van der Waals surface area contributed by atoms with Crippen LogP contribution in [0.5, 0.6) is 0 Å². The first-order valence-corrected chi connectivity index (χ1v) is 7.09. The summed E-state index contributed by atoms with van der Waals surface area (Å²) in [5, 5.41) is 0. The molecule has 0 bridgehead atoms. The van der Waals surface area contributed by atoms with Crippen molar-refractivity contribution in [1.29, 1.82) is 0 Å². The van der Waals surface area contributed by atoms with Crippen LogP contribution in [0.4, 0.5) is 11.5 Å². The molecule has 0 fully saturated rings. The van der Waals surface area contributed by atoms with Crippen LogP contribution in [-0.2, 0) is 0 Å².